The zero-order valence-corrected chi connectivity index (χ0v) is 12.2. The molecule has 0 spiro atoms. The van der Waals surface area contributed by atoms with Gasteiger partial charge in [0.1, 0.15) is 0 Å². The average molecular weight is 278 g/mol. The molecule has 0 aliphatic heterocycles. The first-order valence-corrected chi connectivity index (χ1v) is 6.43. The van der Waals surface area contributed by atoms with Crippen molar-refractivity contribution in [2.45, 2.75) is 6.42 Å². The van der Waals surface area contributed by atoms with Crippen molar-refractivity contribution in [2.24, 2.45) is 0 Å². The van der Waals surface area contributed by atoms with Crippen LogP contribution in [0.25, 0.3) is 0 Å². The van der Waals surface area contributed by atoms with Crippen molar-refractivity contribution in [3.05, 3.63) is 24.3 Å². The van der Waals surface area contributed by atoms with E-state index in [-0.39, 0.29) is 11.8 Å². The Morgan fingerprint density at radius 3 is 2.45 bits per heavy atom. The van der Waals surface area contributed by atoms with Crippen LogP contribution in [0.5, 0.6) is 0 Å². The number of carbonyl (C=O) groups excluding carboxylic acids is 2. The van der Waals surface area contributed by atoms with Crippen LogP contribution in [-0.2, 0) is 9.59 Å². The van der Waals surface area contributed by atoms with Gasteiger partial charge in [-0.05, 0) is 19.2 Å². The summed E-state index contributed by atoms with van der Waals surface area (Å²) in [6.45, 7) is 0.811. The van der Waals surface area contributed by atoms with Crippen LogP contribution in [0.1, 0.15) is 6.42 Å². The molecule has 20 heavy (non-hydrogen) atoms. The first-order valence-electron chi connectivity index (χ1n) is 6.43. The molecule has 0 heterocycles. The molecule has 0 saturated carbocycles. The maximum Gasteiger partial charge on any atom is 0.236 e. The van der Waals surface area contributed by atoms with E-state index in [1.54, 1.807) is 26.2 Å². The van der Waals surface area contributed by atoms with Crippen molar-refractivity contribution in [2.75, 3.05) is 45.3 Å². The minimum atomic E-state index is -0.118. The summed E-state index contributed by atoms with van der Waals surface area (Å²) in [7, 11) is 5.23. The number of benzene rings is 1. The number of carbonyl (C=O) groups is 2. The van der Waals surface area contributed by atoms with Crippen molar-refractivity contribution in [1.29, 1.82) is 0 Å². The van der Waals surface area contributed by atoms with Crippen molar-refractivity contribution in [1.82, 2.24) is 9.80 Å². The van der Waals surface area contributed by atoms with E-state index in [0.29, 0.717) is 30.9 Å². The number of nitrogens with one attached hydrogen (secondary N) is 1. The van der Waals surface area contributed by atoms with E-state index >= 15 is 0 Å². The standard InChI is InChI=1S/C14H22N4O2/c1-17(2)14(20)10-18(3)9-8-13(19)16-12-7-5-4-6-11(12)15/h4-7H,8-10,15H2,1-3H3,(H,16,19). The van der Waals surface area contributed by atoms with Gasteiger partial charge >= 0.3 is 0 Å². The molecule has 3 N–H and O–H groups in total. The Morgan fingerprint density at radius 1 is 1.20 bits per heavy atom. The molecule has 6 nitrogen and oxygen atoms in total. The van der Waals surface area contributed by atoms with Gasteiger partial charge in [0.2, 0.25) is 11.8 Å². The maximum atomic E-state index is 11.8. The van der Waals surface area contributed by atoms with Crippen molar-refractivity contribution >= 4 is 23.2 Å². The van der Waals surface area contributed by atoms with Gasteiger partial charge in [-0.2, -0.15) is 0 Å². The Labute approximate surface area is 119 Å². The lowest BCUT2D eigenvalue weighted by Crippen LogP contribution is -2.35. The summed E-state index contributed by atoms with van der Waals surface area (Å²) in [5, 5.41) is 2.76. The summed E-state index contributed by atoms with van der Waals surface area (Å²) in [5.74, 6) is -0.104. The monoisotopic (exact) mass is 278 g/mol. The minimum Gasteiger partial charge on any atom is -0.397 e. The first-order chi connectivity index (χ1) is 9.40. The van der Waals surface area contributed by atoms with Gasteiger partial charge < -0.3 is 16.0 Å². The van der Waals surface area contributed by atoms with Crippen LogP contribution in [0.3, 0.4) is 0 Å². The number of amides is 2. The third-order valence-corrected chi connectivity index (χ3v) is 2.86. The molecule has 0 atom stereocenters. The van der Waals surface area contributed by atoms with Gasteiger partial charge in [-0.1, -0.05) is 12.1 Å². The fourth-order valence-electron chi connectivity index (χ4n) is 1.57. The van der Waals surface area contributed by atoms with Gasteiger partial charge in [0.15, 0.2) is 0 Å². The SMILES string of the molecule is CN(CCC(=O)Nc1ccccc1N)CC(=O)N(C)C. The molecule has 0 aromatic heterocycles. The van der Waals surface area contributed by atoms with E-state index in [4.69, 9.17) is 5.73 Å². The smallest absolute Gasteiger partial charge is 0.236 e. The van der Waals surface area contributed by atoms with Gasteiger partial charge in [-0.3, -0.25) is 14.5 Å². The molecule has 1 rings (SSSR count). The number of hydrogen-bond acceptors (Lipinski definition) is 4. The predicted molar refractivity (Wildman–Crippen MR) is 80.3 cm³/mol. The number of nitrogen functional groups attached to an aromatic ring is 1. The van der Waals surface area contributed by atoms with Crippen LogP contribution in [0.2, 0.25) is 0 Å². The normalized spacial score (nSPS) is 10.4. The Bertz CT molecular complexity index is 474. The quantitative estimate of drug-likeness (QED) is 0.748. The minimum absolute atomic E-state index is 0.0141. The summed E-state index contributed by atoms with van der Waals surface area (Å²) in [5.41, 5.74) is 6.90. The number of nitrogens with two attached hydrogens (primary N) is 1. The molecule has 0 aliphatic carbocycles. The Hall–Kier alpha value is -2.08. The Kier molecular flexibility index (Phi) is 5.99. The fraction of sp³-hybridized carbons (Fsp3) is 0.429. The van der Waals surface area contributed by atoms with Gasteiger partial charge in [0.25, 0.3) is 0 Å². The summed E-state index contributed by atoms with van der Waals surface area (Å²) in [4.78, 5) is 26.6. The molecule has 0 aliphatic rings. The number of nitrogens with zero attached hydrogens (tertiary/aromatic N) is 2. The highest BCUT2D eigenvalue weighted by Gasteiger charge is 2.10. The van der Waals surface area contributed by atoms with Crippen LogP contribution < -0.4 is 11.1 Å². The summed E-state index contributed by atoms with van der Waals surface area (Å²) >= 11 is 0. The maximum absolute atomic E-state index is 11.8. The second-order valence-electron chi connectivity index (χ2n) is 4.91. The second kappa shape index (κ2) is 7.49. The third-order valence-electron chi connectivity index (χ3n) is 2.86. The number of para-hydroxylation sites is 2. The first kappa shape index (κ1) is 16.0. The molecule has 1 aromatic carbocycles. The molecule has 0 fully saturated rings. The van der Waals surface area contributed by atoms with Gasteiger partial charge in [-0.25, -0.2) is 0 Å². The largest absolute Gasteiger partial charge is 0.397 e. The molecular weight excluding hydrogens is 256 g/mol. The molecule has 2 amide bonds. The number of anilines is 2. The molecule has 0 saturated heterocycles. The molecule has 6 heteroatoms. The fourth-order valence-corrected chi connectivity index (χ4v) is 1.57. The zero-order valence-electron chi connectivity index (χ0n) is 12.2. The zero-order chi connectivity index (χ0) is 15.1. The predicted octanol–water partition coefficient (Wildman–Crippen LogP) is 0.617. The number of hydrogen-bond donors (Lipinski definition) is 2. The lowest BCUT2D eigenvalue weighted by atomic mass is 10.2. The second-order valence-corrected chi connectivity index (χ2v) is 4.91. The Balaban J connectivity index is 2.37. The molecular formula is C14H22N4O2. The van der Waals surface area contributed by atoms with Gasteiger partial charge in [0.05, 0.1) is 17.9 Å². The van der Waals surface area contributed by atoms with Crippen LogP contribution in [0, 0.1) is 0 Å². The summed E-state index contributed by atoms with van der Waals surface area (Å²) < 4.78 is 0. The van der Waals surface area contributed by atoms with Gasteiger partial charge in [-0.15, -0.1) is 0 Å². The lowest BCUT2D eigenvalue weighted by molar-refractivity contribution is -0.130. The van der Waals surface area contributed by atoms with Crippen molar-refractivity contribution < 1.29 is 9.59 Å². The van der Waals surface area contributed by atoms with Crippen molar-refractivity contribution in [3.63, 3.8) is 0 Å². The van der Waals surface area contributed by atoms with Crippen LogP contribution >= 0.6 is 0 Å². The van der Waals surface area contributed by atoms with Gasteiger partial charge in [0, 0.05) is 27.1 Å². The molecule has 1 aromatic rings. The average Bonchev–Trinajstić information content (AvgIpc) is 2.39. The van der Waals surface area contributed by atoms with Crippen molar-refractivity contribution in [3.8, 4) is 0 Å². The Morgan fingerprint density at radius 2 is 1.85 bits per heavy atom. The van der Waals surface area contributed by atoms with E-state index in [2.05, 4.69) is 5.32 Å². The third kappa shape index (κ3) is 5.27. The number of rotatable bonds is 6. The molecule has 0 radical (unpaired) electrons. The van der Waals surface area contributed by atoms with E-state index in [9.17, 15) is 9.59 Å². The molecule has 0 bridgehead atoms. The molecule has 110 valence electrons. The highest BCUT2D eigenvalue weighted by molar-refractivity contribution is 5.93. The summed E-state index contributed by atoms with van der Waals surface area (Å²) in [6, 6.07) is 7.11. The van der Waals surface area contributed by atoms with E-state index < -0.39 is 0 Å². The highest BCUT2D eigenvalue weighted by atomic mass is 16.2. The van der Waals surface area contributed by atoms with Crippen LogP contribution in [-0.4, -0.2) is 55.8 Å². The highest BCUT2D eigenvalue weighted by Crippen LogP contribution is 2.16. The van der Waals surface area contributed by atoms with E-state index in [1.165, 1.54) is 4.90 Å². The van der Waals surface area contributed by atoms with E-state index in [1.807, 2.05) is 24.1 Å². The molecule has 0 unspecified atom stereocenters. The van der Waals surface area contributed by atoms with Crippen LogP contribution in [0.15, 0.2) is 24.3 Å². The topological polar surface area (TPSA) is 78.7 Å². The lowest BCUT2D eigenvalue weighted by Gasteiger charge is -2.18. The summed E-state index contributed by atoms with van der Waals surface area (Å²) in [6.07, 6.45) is 0.311. The number of likely N-dealkylation sites (N-methyl/N-ethyl adjacent to an activating group) is 2. The van der Waals surface area contributed by atoms with E-state index in [0.717, 1.165) is 0 Å². The van der Waals surface area contributed by atoms with Crippen LogP contribution in [0.4, 0.5) is 11.4 Å².